The molecule has 2 unspecified atom stereocenters. The van der Waals surface area contributed by atoms with Crippen LogP contribution in [0.3, 0.4) is 0 Å². The van der Waals surface area contributed by atoms with Crippen LogP contribution in [0.15, 0.2) is 78.9 Å². The maximum absolute atomic E-state index is 10.5. The molecule has 1 aliphatic carbocycles. The lowest BCUT2D eigenvalue weighted by atomic mass is 9.69. The second-order valence-corrected chi connectivity index (χ2v) is 6.29. The number of hydrogen-bond acceptors (Lipinski definition) is 1. The molecule has 23 heavy (non-hydrogen) atoms. The zero-order valence-corrected chi connectivity index (χ0v) is 13.0. The molecule has 0 heterocycles. The number of phenols is 1. The van der Waals surface area contributed by atoms with E-state index in [2.05, 4.69) is 60.7 Å². The van der Waals surface area contributed by atoms with Crippen LogP contribution >= 0.6 is 0 Å². The van der Waals surface area contributed by atoms with E-state index >= 15 is 0 Å². The third kappa shape index (κ3) is 2.53. The number of benzene rings is 3. The Balaban J connectivity index is 1.89. The van der Waals surface area contributed by atoms with Crippen molar-refractivity contribution in [3.63, 3.8) is 0 Å². The van der Waals surface area contributed by atoms with Gasteiger partial charge in [0.2, 0.25) is 0 Å². The van der Waals surface area contributed by atoms with Gasteiger partial charge in [0.05, 0.1) is 0 Å². The van der Waals surface area contributed by atoms with Crippen LogP contribution in [0.25, 0.3) is 0 Å². The van der Waals surface area contributed by atoms with Gasteiger partial charge in [-0.2, -0.15) is 0 Å². The number of aromatic hydroxyl groups is 1. The smallest absolute Gasteiger partial charge is 0.119 e. The van der Waals surface area contributed by atoms with Crippen LogP contribution in [0, 0.1) is 0 Å². The SMILES string of the molecule is Oc1ccccc1C1c2ccccc2CCC1c1ccccc1. The molecule has 0 saturated carbocycles. The molecule has 0 aromatic heterocycles. The van der Waals surface area contributed by atoms with Crippen molar-refractivity contribution >= 4 is 0 Å². The minimum absolute atomic E-state index is 0.212. The van der Waals surface area contributed by atoms with Crippen molar-refractivity contribution < 1.29 is 5.11 Å². The average Bonchev–Trinajstić information content (AvgIpc) is 2.62. The fourth-order valence-electron chi connectivity index (χ4n) is 3.95. The monoisotopic (exact) mass is 300 g/mol. The van der Waals surface area contributed by atoms with E-state index in [1.165, 1.54) is 16.7 Å². The minimum atomic E-state index is 0.212. The molecule has 0 spiro atoms. The van der Waals surface area contributed by atoms with E-state index in [1.807, 2.05) is 12.1 Å². The number of rotatable bonds is 2. The second kappa shape index (κ2) is 5.92. The molecule has 4 rings (SSSR count). The predicted octanol–water partition coefficient (Wildman–Crippen LogP) is 5.25. The summed E-state index contributed by atoms with van der Waals surface area (Å²) in [5.74, 6) is 1.01. The molecule has 3 aromatic carbocycles. The Morgan fingerprint density at radius 1 is 0.696 bits per heavy atom. The molecular formula is C22H20O. The molecule has 0 bridgehead atoms. The van der Waals surface area contributed by atoms with Crippen LogP contribution in [0.1, 0.15) is 40.5 Å². The van der Waals surface area contributed by atoms with E-state index in [4.69, 9.17) is 0 Å². The first-order valence-electron chi connectivity index (χ1n) is 8.25. The highest BCUT2D eigenvalue weighted by Crippen LogP contribution is 2.48. The Kier molecular flexibility index (Phi) is 3.63. The Morgan fingerprint density at radius 2 is 1.35 bits per heavy atom. The van der Waals surface area contributed by atoms with Crippen molar-refractivity contribution in [2.24, 2.45) is 0 Å². The fourth-order valence-corrected chi connectivity index (χ4v) is 3.95. The van der Waals surface area contributed by atoms with E-state index in [0.717, 1.165) is 18.4 Å². The van der Waals surface area contributed by atoms with Gasteiger partial charge in [-0.25, -0.2) is 0 Å². The predicted molar refractivity (Wildman–Crippen MR) is 93.9 cm³/mol. The van der Waals surface area contributed by atoms with Gasteiger partial charge in [-0.15, -0.1) is 0 Å². The summed E-state index contributed by atoms with van der Waals surface area (Å²) >= 11 is 0. The molecule has 1 nitrogen and oxygen atoms in total. The summed E-state index contributed by atoms with van der Waals surface area (Å²) in [7, 11) is 0. The van der Waals surface area contributed by atoms with Crippen LogP contribution in [0.4, 0.5) is 0 Å². The molecule has 1 aliphatic rings. The highest BCUT2D eigenvalue weighted by Gasteiger charge is 2.32. The van der Waals surface area contributed by atoms with Gasteiger partial charge in [-0.1, -0.05) is 72.8 Å². The molecule has 0 amide bonds. The topological polar surface area (TPSA) is 20.2 Å². The number of para-hydroxylation sites is 1. The summed E-state index contributed by atoms with van der Waals surface area (Å²) in [6.07, 6.45) is 2.21. The molecule has 1 N–H and O–H groups in total. The van der Waals surface area contributed by atoms with E-state index in [0.29, 0.717) is 11.7 Å². The van der Waals surface area contributed by atoms with Crippen LogP contribution in [0.2, 0.25) is 0 Å². The van der Waals surface area contributed by atoms with Gasteiger partial charge < -0.3 is 5.11 Å². The zero-order valence-electron chi connectivity index (χ0n) is 13.0. The summed E-state index contributed by atoms with van der Waals surface area (Å²) in [5.41, 5.74) is 5.16. The Bertz CT molecular complexity index is 807. The highest BCUT2D eigenvalue weighted by atomic mass is 16.3. The largest absolute Gasteiger partial charge is 0.508 e. The summed E-state index contributed by atoms with van der Waals surface area (Å²) < 4.78 is 0. The van der Waals surface area contributed by atoms with Gasteiger partial charge in [0, 0.05) is 11.5 Å². The highest BCUT2D eigenvalue weighted by molar-refractivity contribution is 5.49. The van der Waals surface area contributed by atoms with Gasteiger partial charge in [0.25, 0.3) is 0 Å². The van der Waals surface area contributed by atoms with Gasteiger partial charge >= 0.3 is 0 Å². The zero-order chi connectivity index (χ0) is 15.6. The molecule has 0 aliphatic heterocycles. The molecule has 0 saturated heterocycles. The maximum atomic E-state index is 10.5. The quantitative estimate of drug-likeness (QED) is 0.685. The lowest BCUT2D eigenvalue weighted by molar-refractivity contribution is 0.448. The summed E-state index contributed by atoms with van der Waals surface area (Å²) in [6.45, 7) is 0. The standard InChI is InChI=1S/C22H20O/c23-21-13-7-6-12-20(21)22-18-11-5-4-10-17(18)14-15-19(22)16-8-2-1-3-9-16/h1-13,19,22-23H,14-15H2. The first kappa shape index (κ1) is 14.1. The molecule has 3 aromatic rings. The number of hydrogen-bond donors (Lipinski definition) is 1. The van der Waals surface area contributed by atoms with E-state index in [-0.39, 0.29) is 5.92 Å². The second-order valence-electron chi connectivity index (χ2n) is 6.29. The third-order valence-electron chi connectivity index (χ3n) is 5.02. The van der Waals surface area contributed by atoms with Gasteiger partial charge in [0.1, 0.15) is 5.75 Å². The van der Waals surface area contributed by atoms with Crippen molar-refractivity contribution in [2.75, 3.05) is 0 Å². The normalized spacial score (nSPS) is 20.0. The Morgan fingerprint density at radius 3 is 2.13 bits per heavy atom. The maximum Gasteiger partial charge on any atom is 0.119 e. The van der Waals surface area contributed by atoms with Crippen molar-refractivity contribution in [2.45, 2.75) is 24.7 Å². The van der Waals surface area contributed by atoms with Crippen molar-refractivity contribution in [1.29, 1.82) is 0 Å². The van der Waals surface area contributed by atoms with Gasteiger partial charge in [-0.3, -0.25) is 0 Å². The van der Waals surface area contributed by atoms with E-state index in [1.54, 1.807) is 6.07 Å². The molecule has 0 fully saturated rings. The first-order chi connectivity index (χ1) is 11.3. The van der Waals surface area contributed by atoms with Crippen LogP contribution < -0.4 is 0 Å². The molecule has 0 radical (unpaired) electrons. The summed E-state index contributed by atoms with van der Waals surface area (Å²) in [5, 5.41) is 10.5. The molecule has 1 heteroatoms. The van der Waals surface area contributed by atoms with Crippen LogP contribution in [-0.4, -0.2) is 5.11 Å². The Labute approximate surface area is 137 Å². The van der Waals surface area contributed by atoms with Crippen molar-refractivity contribution in [1.82, 2.24) is 0 Å². The van der Waals surface area contributed by atoms with Crippen LogP contribution in [0.5, 0.6) is 5.75 Å². The first-order valence-corrected chi connectivity index (χ1v) is 8.25. The van der Waals surface area contributed by atoms with Gasteiger partial charge in [-0.05, 0) is 41.5 Å². The minimum Gasteiger partial charge on any atom is -0.508 e. The average molecular weight is 300 g/mol. The molecule has 114 valence electrons. The summed E-state index contributed by atoms with van der Waals surface area (Å²) in [4.78, 5) is 0. The summed E-state index contributed by atoms with van der Waals surface area (Å²) in [6, 6.07) is 27.2. The van der Waals surface area contributed by atoms with E-state index < -0.39 is 0 Å². The van der Waals surface area contributed by atoms with Crippen molar-refractivity contribution in [3.8, 4) is 5.75 Å². The Hall–Kier alpha value is -2.54. The molecular weight excluding hydrogens is 280 g/mol. The number of aryl methyl sites for hydroxylation is 1. The lowest BCUT2D eigenvalue weighted by Gasteiger charge is -2.35. The fraction of sp³-hybridized carbons (Fsp3) is 0.182. The lowest BCUT2D eigenvalue weighted by Crippen LogP contribution is -2.20. The van der Waals surface area contributed by atoms with Crippen LogP contribution in [-0.2, 0) is 6.42 Å². The third-order valence-corrected chi connectivity index (χ3v) is 5.02. The molecule has 2 atom stereocenters. The van der Waals surface area contributed by atoms with Crippen molar-refractivity contribution in [3.05, 3.63) is 101 Å². The van der Waals surface area contributed by atoms with Gasteiger partial charge in [0.15, 0.2) is 0 Å². The van der Waals surface area contributed by atoms with E-state index in [9.17, 15) is 5.11 Å². The number of fused-ring (bicyclic) bond motifs is 1. The number of phenolic OH excluding ortho intramolecular Hbond substituents is 1.